The minimum atomic E-state index is -0.506. The van der Waals surface area contributed by atoms with Crippen LogP contribution in [-0.2, 0) is 13.5 Å². The lowest BCUT2D eigenvalue weighted by Gasteiger charge is -2.18. The lowest BCUT2D eigenvalue weighted by atomic mass is 10.1. The summed E-state index contributed by atoms with van der Waals surface area (Å²) in [5.74, 6) is 1.49. The zero-order valence-electron chi connectivity index (χ0n) is 17.4. The fourth-order valence-electron chi connectivity index (χ4n) is 3.15. The summed E-state index contributed by atoms with van der Waals surface area (Å²) in [6, 6.07) is 22.2. The molecule has 0 aliphatic heterocycles. The number of benzene rings is 2. The van der Waals surface area contributed by atoms with Crippen LogP contribution in [0.5, 0.6) is 0 Å². The van der Waals surface area contributed by atoms with Gasteiger partial charge in [0.15, 0.2) is 0 Å². The third-order valence-corrected chi connectivity index (χ3v) is 5.16. The Morgan fingerprint density at radius 1 is 1.06 bits per heavy atom. The van der Waals surface area contributed by atoms with Crippen molar-refractivity contribution in [2.75, 3.05) is 11.6 Å². The molecule has 0 fully saturated rings. The van der Waals surface area contributed by atoms with Crippen molar-refractivity contribution in [3.05, 3.63) is 110 Å². The number of hydrogen-bond donors (Lipinski definition) is 1. The Morgan fingerprint density at radius 3 is 2.62 bits per heavy atom. The quantitative estimate of drug-likeness (QED) is 0.341. The molecule has 2 heterocycles. The third-order valence-electron chi connectivity index (χ3n) is 4.92. The number of aromatic amines is 1. The number of halogens is 1. The van der Waals surface area contributed by atoms with Crippen LogP contribution in [0.2, 0.25) is 5.02 Å². The molecule has 4 rings (SSSR count). The standard InChI is InChI=1S/C24H21ClN4O3/c1-28-23(30)15-22(27-24(28)31)29(13-12-17-6-3-2-4-7-17)26-16-20-10-11-21(32-20)18-8-5-9-19(25)14-18/h2-11,14-16H,12-13H2,1H3,(H,27,31)/b26-16+. The Kier molecular flexibility index (Phi) is 6.37. The van der Waals surface area contributed by atoms with Gasteiger partial charge < -0.3 is 4.42 Å². The van der Waals surface area contributed by atoms with E-state index in [1.165, 1.54) is 13.1 Å². The van der Waals surface area contributed by atoms with E-state index in [4.69, 9.17) is 16.0 Å². The molecule has 2 aromatic heterocycles. The molecular formula is C24H21ClN4O3. The molecule has 32 heavy (non-hydrogen) atoms. The lowest BCUT2D eigenvalue weighted by Crippen LogP contribution is -2.35. The number of anilines is 1. The third kappa shape index (κ3) is 5.07. The summed E-state index contributed by atoms with van der Waals surface area (Å²) in [5, 5.41) is 6.69. The first-order valence-electron chi connectivity index (χ1n) is 10.0. The minimum Gasteiger partial charge on any atom is -0.455 e. The maximum absolute atomic E-state index is 12.1. The second kappa shape index (κ2) is 9.53. The molecule has 0 amide bonds. The molecular weight excluding hydrogens is 428 g/mol. The number of nitrogens with zero attached hydrogens (tertiary/aromatic N) is 3. The van der Waals surface area contributed by atoms with Crippen LogP contribution in [0.15, 0.2) is 91.9 Å². The van der Waals surface area contributed by atoms with Gasteiger partial charge in [0.2, 0.25) is 0 Å². The van der Waals surface area contributed by atoms with Crippen LogP contribution in [0, 0.1) is 0 Å². The first-order chi connectivity index (χ1) is 15.5. The molecule has 0 bridgehead atoms. The first-order valence-corrected chi connectivity index (χ1v) is 10.4. The van der Waals surface area contributed by atoms with Crippen LogP contribution in [0.4, 0.5) is 5.82 Å². The van der Waals surface area contributed by atoms with E-state index in [1.54, 1.807) is 23.4 Å². The smallest absolute Gasteiger partial charge is 0.329 e. The van der Waals surface area contributed by atoms with Crippen molar-refractivity contribution >= 4 is 23.6 Å². The van der Waals surface area contributed by atoms with Gasteiger partial charge in [-0.15, -0.1) is 0 Å². The highest BCUT2D eigenvalue weighted by Gasteiger charge is 2.10. The Morgan fingerprint density at radius 2 is 1.88 bits per heavy atom. The molecule has 2 aromatic carbocycles. The fourth-order valence-corrected chi connectivity index (χ4v) is 3.34. The molecule has 0 atom stereocenters. The zero-order chi connectivity index (χ0) is 22.5. The summed E-state index contributed by atoms with van der Waals surface area (Å²) in [6.07, 6.45) is 2.22. The number of furan rings is 1. The van der Waals surface area contributed by atoms with Crippen molar-refractivity contribution in [1.82, 2.24) is 9.55 Å². The molecule has 4 aromatic rings. The van der Waals surface area contributed by atoms with E-state index in [0.29, 0.717) is 35.3 Å². The van der Waals surface area contributed by atoms with Gasteiger partial charge in [0.25, 0.3) is 5.56 Å². The van der Waals surface area contributed by atoms with Crippen LogP contribution in [0.1, 0.15) is 11.3 Å². The second-order valence-corrected chi connectivity index (χ2v) is 7.61. The van der Waals surface area contributed by atoms with E-state index >= 15 is 0 Å². The highest BCUT2D eigenvalue weighted by atomic mass is 35.5. The fraction of sp³-hybridized carbons (Fsp3) is 0.125. The highest BCUT2D eigenvalue weighted by Crippen LogP contribution is 2.24. The summed E-state index contributed by atoms with van der Waals surface area (Å²) in [5.41, 5.74) is 1.05. The largest absolute Gasteiger partial charge is 0.455 e. The van der Waals surface area contributed by atoms with Crippen molar-refractivity contribution in [3.8, 4) is 11.3 Å². The Bertz CT molecular complexity index is 1320. The average molecular weight is 449 g/mol. The molecule has 0 aliphatic carbocycles. The maximum Gasteiger partial charge on any atom is 0.329 e. The first kappa shape index (κ1) is 21.4. The summed E-state index contributed by atoms with van der Waals surface area (Å²) >= 11 is 6.06. The number of hydrazone groups is 1. The summed E-state index contributed by atoms with van der Waals surface area (Å²) in [7, 11) is 1.42. The molecule has 1 N–H and O–H groups in total. The number of nitrogens with one attached hydrogen (secondary N) is 1. The van der Waals surface area contributed by atoms with Gasteiger partial charge in [-0.1, -0.05) is 54.1 Å². The van der Waals surface area contributed by atoms with E-state index in [9.17, 15) is 9.59 Å². The number of hydrogen-bond acceptors (Lipinski definition) is 5. The molecule has 162 valence electrons. The predicted octanol–water partition coefficient (Wildman–Crippen LogP) is 4.07. The van der Waals surface area contributed by atoms with Crippen LogP contribution >= 0.6 is 11.6 Å². The second-order valence-electron chi connectivity index (χ2n) is 7.17. The van der Waals surface area contributed by atoms with Crippen molar-refractivity contribution < 1.29 is 4.42 Å². The van der Waals surface area contributed by atoms with Gasteiger partial charge in [0, 0.05) is 30.2 Å². The maximum atomic E-state index is 12.1. The summed E-state index contributed by atoms with van der Waals surface area (Å²) in [6.45, 7) is 0.450. The SMILES string of the molecule is Cn1c(=O)cc(N(CCc2ccccc2)/N=C/c2ccc(-c3cccc(Cl)c3)o2)[nH]c1=O. The summed E-state index contributed by atoms with van der Waals surface area (Å²) < 4.78 is 6.87. The molecule has 0 aliphatic rings. The Hall–Kier alpha value is -3.84. The molecule has 8 heteroatoms. The van der Waals surface area contributed by atoms with E-state index < -0.39 is 11.2 Å². The van der Waals surface area contributed by atoms with Crippen molar-refractivity contribution in [2.24, 2.45) is 12.1 Å². The van der Waals surface area contributed by atoms with E-state index in [-0.39, 0.29) is 0 Å². The van der Waals surface area contributed by atoms with E-state index in [0.717, 1.165) is 15.7 Å². The highest BCUT2D eigenvalue weighted by molar-refractivity contribution is 6.30. The molecule has 0 saturated heterocycles. The lowest BCUT2D eigenvalue weighted by molar-refractivity contribution is 0.574. The van der Waals surface area contributed by atoms with Crippen LogP contribution in [0.3, 0.4) is 0 Å². The van der Waals surface area contributed by atoms with Gasteiger partial charge in [-0.2, -0.15) is 5.10 Å². The van der Waals surface area contributed by atoms with Crippen molar-refractivity contribution in [2.45, 2.75) is 6.42 Å². The van der Waals surface area contributed by atoms with E-state index in [2.05, 4.69) is 10.1 Å². The van der Waals surface area contributed by atoms with Gasteiger partial charge in [-0.05, 0) is 36.2 Å². The minimum absolute atomic E-state index is 0.312. The van der Waals surface area contributed by atoms with Crippen LogP contribution in [-0.4, -0.2) is 22.3 Å². The topological polar surface area (TPSA) is 83.6 Å². The van der Waals surface area contributed by atoms with Crippen molar-refractivity contribution in [3.63, 3.8) is 0 Å². The van der Waals surface area contributed by atoms with Crippen LogP contribution < -0.4 is 16.3 Å². The number of H-pyrrole nitrogens is 1. The molecule has 0 radical (unpaired) electrons. The van der Waals surface area contributed by atoms with Gasteiger partial charge in [-0.3, -0.25) is 14.3 Å². The average Bonchev–Trinajstić information content (AvgIpc) is 3.27. The monoisotopic (exact) mass is 448 g/mol. The normalized spacial score (nSPS) is 11.2. The molecule has 0 spiro atoms. The molecule has 0 unspecified atom stereocenters. The van der Waals surface area contributed by atoms with Gasteiger partial charge >= 0.3 is 5.69 Å². The molecule has 7 nitrogen and oxygen atoms in total. The predicted molar refractivity (Wildman–Crippen MR) is 127 cm³/mol. The number of rotatable bonds is 7. The van der Waals surface area contributed by atoms with Crippen LogP contribution in [0.25, 0.3) is 11.3 Å². The Labute approximate surface area is 189 Å². The Balaban J connectivity index is 1.60. The zero-order valence-corrected chi connectivity index (χ0v) is 18.1. The van der Waals surface area contributed by atoms with Gasteiger partial charge in [0.1, 0.15) is 17.3 Å². The van der Waals surface area contributed by atoms with Crippen molar-refractivity contribution in [1.29, 1.82) is 0 Å². The summed E-state index contributed by atoms with van der Waals surface area (Å²) in [4.78, 5) is 26.9. The van der Waals surface area contributed by atoms with Gasteiger partial charge in [0.05, 0.1) is 6.21 Å². The van der Waals surface area contributed by atoms with Gasteiger partial charge in [-0.25, -0.2) is 9.80 Å². The van der Waals surface area contributed by atoms with E-state index in [1.807, 2.05) is 54.6 Å². The molecule has 0 saturated carbocycles. The number of aromatic nitrogens is 2.